The number of alkyl carbamates (subject to hydrolysis) is 1. The van der Waals surface area contributed by atoms with E-state index in [1.54, 1.807) is 0 Å². The molecule has 0 aromatic rings. The number of amides is 1. The minimum atomic E-state index is -0.296. The molecule has 2 aliphatic carbocycles. The van der Waals surface area contributed by atoms with E-state index in [1.807, 2.05) is 13.0 Å². The number of nitrogens with two attached hydrogens (primary N) is 1. The average molecular weight is 279 g/mol. The second kappa shape index (κ2) is 7.31. The van der Waals surface area contributed by atoms with Gasteiger partial charge in [0.25, 0.3) is 0 Å². The van der Waals surface area contributed by atoms with Crippen molar-refractivity contribution in [3.05, 3.63) is 11.8 Å². The van der Waals surface area contributed by atoms with E-state index in [1.165, 1.54) is 38.4 Å². The third kappa shape index (κ3) is 4.25. The van der Waals surface area contributed by atoms with Gasteiger partial charge in [-0.15, -0.1) is 0 Å². The number of rotatable bonds is 5. The molecule has 0 spiro atoms. The van der Waals surface area contributed by atoms with E-state index in [2.05, 4.69) is 10.3 Å². The summed E-state index contributed by atoms with van der Waals surface area (Å²) in [6.45, 7) is 2.49. The Hall–Kier alpha value is -1.52. The van der Waals surface area contributed by atoms with Crippen LogP contribution in [0.4, 0.5) is 4.79 Å². The van der Waals surface area contributed by atoms with Gasteiger partial charge >= 0.3 is 6.09 Å². The van der Waals surface area contributed by atoms with Crippen LogP contribution in [-0.4, -0.2) is 25.1 Å². The summed E-state index contributed by atoms with van der Waals surface area (Å²) in [4.78, 5) is 15.8. The molecule has 0 aromatic heterocycles. The summed E-state index contributed by atoms with van der Waals surface area (Å²) in [7, 11) is 0. The van der Waals surface area contributed by atoms with Crippen LogP contribution in [0.15, 0.2) is 16.8 Å². The molecule has 0 radical (unpaired) electrons. The van der Waals surface area contributed by atoms with Gasteiger partial charge in [0.15, 0.2) is 0 Å². The zero-order valence-corrected chi connectivity index (χ0v) is 12.2. The van der Waals surface area contributed by atoms with E-state index in [-0.39, 0.29) is 18.1 Å². The Morgan fingerprint density at radius 1 is 1.40 bits per heavy atom. The molecule has 0 aromatic carbocycles. The predicted octanol–water partition coefficient (Wildman–Crippen LogP) is 2.57. The Bertz CT molecular complexity index is 387. The van der Waals surface area contributed by atoms with Crippen molar-refractivity contribution in [2.24, 2.45) is 22.6 Å². The maximum absolute atomic E-state index is 11.7. The van der Waals surface area contributed by atoms with Gasteiger partial charge in [0.2, 0.25) is 0 Å². The summed E-state index contributed by atoms with van der Waals surface area (Å²) in [6.07, 6.45) is 10.1. The molecular weight excluding hydrogens is 254 g/mol. The monoisotopic (exact) mass is 279 g/mol. The van der Waals surface area contributed by atoms with Gasteiger partial charge in [0.1, 0.15) is 0 Å². The number of ether oxygens (including phenoxy) is 1. The van der Waals surface area contributed by atoms with Gasteiger partial charge in [-0.05, 0) is 32.1 Å². The smallest absolute Gasteiger partial charge is 0.407 e. The Morgan fingerprint density at radius 3 is 2.80 bits per heavy atom. The lowest BCUT2D eigenvalue weighted by molar-refractivity contribution is 0.115. The minimum Gasteiger partial charge on any atom is -0.449 e. The van der Waals surface area contributed by atoms with Crippen LogP contribution in [-0.2, 0) is 4.74 Å². The fourth-order valence-electron chi connectivity index (χ4n) is 2.89. The summed E-state index contributed by atoms with van der Waals surface area (Å²) in [6, 6.07) is 0.142. The Labute approximate surface area is 120 Å². The molecular formula is C15H25N3O2. The number of hydrogen-bond acceptors (Lipinski definition) is 3. The van der Waals surface area contributed by atoms with E-state index in [0.29, 0.717) is 12.5 Å². The van der Waals surface area contributed by atoms with E-state index in [4.69, 9.17) is 10.5 Å². The fraction of sp³-hybridized carbons (Fsp3) is 0.733. The molecule has 2 atom stereocenters. The minimum absolute atomic E-state index is 0.142. The molecule has 1 amide bonds. The number of allylic oxidation sites excluding steroid dienone is 1. The average Bonchev–Trinajstić information content (AvgIpc) is 3.22. The summed E-state index contributed by atoms with van der Waals surface area (Å²) < 4.78 is 5.32. The molecule has 0 saturated heterocycles. The molecule has 2 fully saturated rings. The molecule has 0 heterocycles. The third-order valence-electron chi connectivity index (χ3n) is 4.17. The molecule has 0 unspecified atom stereocenters. The lowest BCUT2D eigenvalue weighted by Gasteiger charge is -2.21. The highest BCUT2D eigenvalue weighted by molar-refractivity contribution is 5.68. The SMILES string of the molecule is C/C=C(\N=CN)[C@@H]1C[C@H]1NC(=O)OCC1CCCCC1. The molecule has 0 bridgehead atoms. The topological polar surface area (TPSA) is 76.7 Å². The van der Waals surface area contributed by atoms with Gasteiger partial charge in [-0.2, -0.15) is 0 Å². The van der Waals surface area contributed by atoms with Crippen molar-refractivity contribution in [3.63, 3.8) is 0 Å². The summed E-state index contributed by atoms with van der Waals surface area (Å²) in [5, 5.41) is 2.90. The van der Waals surface area contributed by atoms with Crippen LogP contribution in [0.25, 0.3) is 0 Å². The molecule has 5 nitrogen and oxygen atoms in total. The highest BCUT2D eigenvalue weighted by Crippen LogP contribution is 2.37. The van der Waals surface area contributed by atoms with E-state index < -0.39 is 0 Å². The van der Waals surface area contributed by atoms with E-state index >= 15 is 0 Å². The highest BCUT2D eigenvalue weighted by Gasteiger charge is 2.41. The van der Waals surface area contributed by atoms with E-state index in [0.717, 1.165) is 12.1 Å². The molecule has 2 saturated carbocycles. The first-order valence-electron chi connectivity index (χ1n) is 7.58. The second-order valence-corrected chi connectivity index (χ2v) is 5.69. The number of nitrogens with one attached hydrogen (secondary N) is 1. The van der Waals surface area contributed by atoms with Crippen LogP contribution in [0.3, 0.4) is 0 Å². The summed E-state index contributed by atoms with van der Waals surface area (Å²) in [5.41, 5.74) is 6.24. The first kappa shape index (κ1) is 14.9. The van der Waals surface area contributed by atoms with Gasteiger partial charge in [0, 0.05) is 17.7 Å². The van der Waals surface area contributed by atoms with Crippen molar-refractivity contribution < 1.29 is 9.53 Å². The number of carbonyl (C=O) groups is 1. The Kier molecular flexibility index (Phi) is 5.44. The predicted molar refractivity (Wildman–Crippen MR) is 79.4 cm³/mol. The van der Waals surface area contributed by atoms with Crippen molar-refractivity contribution in [1.29, 1.82) is 0 Å². The Balaban J connectivity index is 1.66. The number of carbonyl (C=O) groups excluding carboxylic acids is 1. The molecule has 2 aliphatic rings. The van der Waals surface area contributed by atoms with Gasteiger partial charge < -0.3 is 15.8 Å². The van der Waals surface area contributed by atoms with Crippen molar-refractivity contribution in [2.75, 3.05) is 6.61 Å². The molecule has 20 heavy (non-hydrogen) atoms. The van der Waals surface area contributed by atoms with Crippen LogP contribution >= 0.6 is 0 Å². The molecule has 0 aliphatic heterocycles. The van der Waals surface area contributed by atoms with Crippen LogP contribution < -0.4 is 11.1 Å². The number of hydrogen-bond donors (Lipinski definition) is 2. The fourth-order valence-corrected chi connectivity index (χ4v) is 2.89. The van der Waals surface area contributed by atoms with Crippen LogP contribution in [0.2, 0.25) is 0 Å². The molecule has 2 rings (SSSR count). The highest BCUT2D eigenvalue weighted by atomic mass is 16.5. The summed E-state index contributed by atoms with van der Waals surface area (Å²) in [5.74, 6) is 0.833. The second-order valence-electron chi connectivity index (χ2n) is 5.69. The largest absolute Gasteiger partial charge is 0.449 e. The lowest BCUT2D eigenvalue weighted by atomic mass is 9.90. The van der Waals surface area contributed by atoms with Gasteiger partial charge in [0.05, 0.1) is 12.9 Å². The van der Waals surface area contributed by atoms with E-state index in [9.17, 15) is 4.79 Å². The Morgan fingerprint density at radius 2 is 2.15 bits per heavy atom. The first-order chi connectivity index (χ1) is 9.74. The standard InChI is InChI=1S/C15H25N3O2/c1-2-13(17-10-16)12-8-14(12)18-15(19)20-9-11-6-4-3-5-7-11/h2,10-12,14H,3-9H2,1H3,(H2,16,17)(H,18,19)/b13-2-/t12-,14+/m0/s1. The molecule has 3 N–H and O–H groups in total. The number of aliphatic imine (C=N–C) groups is 1. The van der Waals surface area contributed by atoms with Crippen molar-refractivity contribution in [3.8, 4) is 0 Å². The van der Waals surface area contributed by atoms with Crippen molar-refractivity contribution >= 4 is 12.4 Å². The summed E-state index contributed by atoms with van der Waals surface area (Å²) >= 11 is 0. The normalized spacial score (nSPS) is 27.6. The van der Waals surface area contributed by atoms with Crippen LogP contribution in [0, 0.1) is 11.8 Å². The van der Waals surface area contributed by atoms with Crippen LogP contribution in [0.1, 0.15) is 45.4 Å². The maximum atomic E-state index is 11.7. The zero-order valence-electron chi connectivity index (χ0n) is 12.2. The number of nitrogens with zero attached hydrogens (tertiary/aromatic N) is 1. The molecule has 5 heteroatoms. The zero-order chi connectivity index (χ0) is 14.4. The van der Waals surface area contributed by atoms with Gasteiger partial charge in [-0.1, -0.05) is 25.3 Å². The van der Waals surface area contributed by atoms with Gasteiger partial charge in [-0.25, -0.2) is 9.79 Å². The third-order valence-corrected chi connectivity index (χ3v) is 4.17. The van der Waals surface area contributed by atoms with Gasteiger partial charge in [-0.3, -0.25) is 0 Å². The lowest BCUT2D eigenvalue weighted by Crippen LogP contribution is -2.29. The van der Waals surface area contributed by atoms with Crippen molar-refractivity contribution in [1.82, 2.24) is 5.32 Å². The molecule has 112 valence electrons. The first-order valence-corrected chi connectivity index (χ1v) is 7.58. The quantitative estimate of drug-likeness (QED) is 0.600. The van der Waals surface area contributed by atoms with Crippen LogP contribution in [0.5, 0.6) is 0 Å². The van der Waals surface area contributed by atoms with Crippen molar-refractivity contribution in [2.45, 2.75) is 51.5 Å². The maximum Gasteiger partial charge on any atom is 0.407 e.